The summed E-state index contributed by atoms with van der Waals surface area (Å²) in [5.74, 6) is 1.43. The van der Waals surface area contributed by atoms with Gasteiger partial charge in [-0.25, -0.2) is 0 Å². The molecule has 1 N–H and O–H groups in total. The maximum atomic E-state index is 6.31. The molecule has 0 saturated carbocycles. The molecule has 0 aliphatic carbocycles. The van der Waals surface area contributed by atoms with E-state index in [9.17, 15) is 0 Å². The summed E-state index contributed by atoms with van der Waals surface area (Å²) in [6.07, 6.45) is 0. The summed E-state index contributed by atoms with van der Waals surface area (Å²) in [6.45, 7) is 3.22. The molecular weight excluding hydrogens is 354 g/mol. The predicted octanol–water partition coefficient (Wildman–Crippen LogP) is 5.05. The van der Waals surface area contributed by atoms with Gasteiger partial charge in [0.05, 0.1) is 10.7 Å². The van der Waals surface area contributed by atoms with Crippen LogP contribution < -0.4 is 14.8 Å². The Morgan fingerprint density at radius 2 is 1.71 bits per heavy atom. The van der Waals surface area contributed by atoms with Crippen molar-refractivity contribution in [3.63, 3.8) is 0 Å². The van der Waals surface area contributed by atoms with Gasteiger partial charge in [0, 0.05) is 22.6 Å². The molecular formula is C16H15BrClNO2. The van der Waals surface area contributed by atoms with Crippen LogP contribution in [0.1, 0.15) is 18.5 Å². The Balaban J connectivity index is 1.82. The summed E-state index contributed by atoms with van der Waals surface area (Å²) in [7, 11) is 0. The van der Waals surface area contributed by atoms with Crippen LogP contribution in [0.5, 0.6) is 11.5 Å². The van der Waals surface area contributed by atoms with Crippen LogP contribution >= 0.6 is 27.5 Å². The molecule has 1 unspecified atom stereocenters. The Morgan fingerprint density at radius 3 is 2.38 bits per heavy atom. The number of anilines is 1. The number of benzene rings is 2. The Hall–Kier alpha value is -1.39. The SMILES string of the molecule is CC(Nc1cc2c(cc1Cl)OCCO2)c1ccc(Br)cc1. The van der Waals surface area contributed by atoms with E-state index in [1.165, 1.54) is 5.56 Å². The van der Waals surface area contributed by atoms with Crippen molar-refractivity contribution in [1.29, 1.82) is 0 Å². The van der Waals surface area contributed by atoms with Gasteiger partial charge >= 0.3 is 0 Å². The third-order valence-corrected chi connectivity index (χ3v) is 4.22. The lowest BCUT2D eigenvalue weighted by atomic mass is 10.1. The molecule has 2 aromatic rings. The molecule has 0 fully saturated rings. The zero-order valence-corrected chi connectivity index (χ0v) is 13.9. The molecule has 5 heteroatoms. The summed E-state index contributed by atoms with van der Waals surface area (Å²) in [4.78, 5) is 0. The summed E-state index contributed by atoms with van der Waals surface area (Å²) < 4.78 is 12.2. The normalized spacial score (nSPS) is 14.6. The zero-order valence-electron chi connectivity index (χ0n) is 11.5. The first-order valence-corrected chi connectivity index (χ1v) is 7.92. The van der Waals surface area contributed by atoms with Crippen LogP contribution in [0.3, 0.4) is 0 Å². The molecule has 0 spiro atoms. The highest BCUT2D eigenvalue weighted by atomic mass is 79.9. The highest BCUT2D eigenvalue weighted by Crippen LogP contribution is 2.39. The Bertz CT molecular complexity index is 645. The number of hydrogen-bond donors (Lipinski definition) is 1. The molecule has 2 aromatic carbocycles. The van der Waals surface area contributed by atoms with E-state index >= 15 is 0 Å². The molecule has 1 aliphatic heterocycles. The quantitative estimate of drug-likeness (QED) is 0.822. The largest absolute Gasteiger partial charge is 0.486 e. The van der Waals surface area contributed by atoms with E-state index < -0.39 is 0 Å². The van der Waals surface area contributed by atoms with Crippen molar-refractivity contribution < 1.29 is 9.47 Å². The summed E-state index contributed by atoms with van der Waals surface area (Å²) in [5.41, 5.74) is 2.03. The Morgan fingerprint density at radius 1 is 1.10 bits per heavy atom. The second-order valence-corrected chi connectivity index (χ2v) is 6.22. The molecule has 0 bridgehead atoms. The van der Waals surface area contributed by atoms with Crippen molar-refractivity contribution in [1.82, 2.24) is 0 Å². The molecule has 1 aliphatic rings. The smallest absolute Gasteiger partial charge is 0.163 e. The zero-order chi connectivity index (χ0) is 14.8. The van der Waals surface area contributed by atoms with E-state index in [0.29, 0.717) is 24.0 Å². The third kappa shape index (κ3) is 3.27. The second kappa shape index (κ2) is 6.16. The number of nitrogens with one attached hydrogen (secondary N) is 1. The molecule has 0 radical (unpaired) electrons. The van der Waals surface area contributed by atoms with Gasteiger partial charge in [0.1, 0.15) is 13.2 Å². The van der Waals surface area contributed by atoms with Crippen molar-refractivity contribution in [3.05, 3.63) is 51.5 Å². The van der Waals surface area contributed by atoms with Crippen LogP contribution in [0.25, 0.3) is 0 Å². The maximum absolute atomic E-state index is 6.31. The lowest BCUT2D eigenvalue weighted by Gasteiger charge is -2.22. The van der Waals surface area contributed by atoms with E-state index in [4.69, 9.17) is 21.1 Å². The highest BCUT2D eigenvalue weighted by molar-refractivity contribution is 9.10. The first kappa shape index (κ1) is 14.5. The van der Waals surface area contributed by atoms with Crippen LogP contribution in [0.4, 0.5) is 5.69 Å². The average molecular weight is 369 g/mol. The van der Waals surface area contributed by atoms with E-state index in [1.807, 2.05) is 18.2 Å². The van der Waals surface area contributed by atoms with Gasteiger partial charge in [0.15, 0.2) is 11.5 Å². The molecule has 21 heavy (non-hydrogen) atoms. The number of ether oxygens (including phenoxy) is 2. The average Bonchev–Trinajstić information content (AvgIpc) is 2.48. The number of rotatable bonds is 3. The molecule has 0 aromatic heterocycles. The van der Waals surface area contributed by atoms with Crippen LogP contribution in [-0.2, 0) is 0 Å². The van der Waals surface area contributed by atoms with Crippen LogP contribution in [0, 0.1) is 0 Å². The highest BCUT2D eigenvalue weighted by Gasteiger charge is 2.16. The second-order valence-electron chi connectivity index (χ2n) is 4.89. The van der Waals surface area contributed by atoms with Crippen molar-refractivity contribution >= 4 is 33.2 Å². The molecule has 3 rings (SSSR count). The van der Waals surface area contributed by atoms with Crippen molar-refractivity contribution in [2.24, 2.45) is 0 Å². The first-order chi connectivity index (χ1) is 10.1. The Labute approximate surface area is 137 Å². The van der Waals surface area contributed by atoms with E-state index in [1.54, 1.807) is 6.07 Å². The monoisotopic (exact) mass is 367 g/mol. The minimum absolute atomic E-state index is 0.137. The fourth-order valence-corrected chi connectivity index (χ4v) is 2.72. The number of halogens is 2. The van der Waals surface area contributed by atoms with E-state index in [2.05, 4.69) is 40.3 Å². The minimum Gasteiger partial charge on any atom is -0.486 e. The van der Waals surface area contributed by atoms with E-state index in [0.717, 1.165) is 15.9 Å². The fourth-order valence-electron chi connectivity index (χ4n) is 2.24. The maximum Gasteiger partial charge on any atom is 0.163 e. The summed E-state index contributed by atoms with van der Waals surface area (Å²) >= 11 is 9.75. The lowest BCUT2D eigenvalue weighted by molar-refractivity contribution is 0.171. The predicted molar refractivity (Wildman–Crippen MR) is 88.6 cm³/mol. The lowest BCUT2D eigenvalue weighted by Crippen LogP contribution is -2.16. The van der Waals surface area contributed by atoms with Gasteiger partial charge in [-0.15, -0.1) is 0 Å². The van der Waals surface area contributed by atoms with Crippen LogP contribution in [-0.4, -0.2) is 13.2 Å². The minimum atomic E-state index is 0.137. The summed E-state index contributed by atoms with van der Waals surface area (Å²) in [6, 6.07) is 12.0. The number of hydrogen-bond acceptors (Lipinski definition) is 3. The van der Waals surface area contributed by atoms with Gasteiger partial charge in [0.2, 0.25) is 0 Å². The standard InChI is InChI=1S/C16H15BrClNO2/c1-10(11-2-4-12(17)5-3-11)19-14-9-16-15(8-13(14)18)20-6-7-21-16/h2-5,8-10,19H,6-7H2,1H3. The van der Waals surface area contributed by atoms with Crippen molar-refractivity contribution in [2.75, 3.05) is 18.5 Å². The van der Waals surface area contributed by atoms with Crippen molar-refractivity contribution in [3.8, 4) is 11.5 Å². The van der Waals surface area contributed by atoms with Gasteiger partial charge in [-0.2, -0.15) is 0 Å². The van der Waals surface area contributed by atoms with Crippen LogP contribution in [0.15, 0.2) is 40.9 Å². The molecule has 3 nitrogen and oxygen atoms in total. The molecule has 1 heterocycles. The molecule has 0 saturated heterocycles. The molecule has 0 amide bonds. The topological polar surface area (TPSA) is 30.5 Å². The first-order valence-electron chi connectivity index (χ1n) is 6.74. The van der Waals surface area contributed by atoms with E-state index in [-0.39, 0.29) is 6.04 Å². The van der Waals surface area contributed by atoms with Gasteiger partial charge in [0.25, 0.3) is 0 Å². The summed E-state index contributed by atoms with van der Waals surface area (Å²) in [5, 5.41) is 4.04. The third-order valence-electron chi connectivity index (χ3n) is 3.37. The Kier molecular flexibility index (Phi) is 4.27. The van der Waals surface area contributed by atoms with Gasteiger partial charge < -0.3 is 14.8 Å². The molecule has 110 valence electrons. The van der Waals surface area contributed by atoms with Crippen LogP contribution in [0.2, 0.25) is 5.02 Å². The van der Waals surface area contributed by atoms with Gasteiger partial charge in [-0.05, 0) is 24.6 Å². The fraction of sp³-hybridized carbons (Fsp3) is 0.250. The number of fused-ring (bicyclic) bond motifs is 1. The van der Waals surface area contributed by atoms with Gasteiger partial charge in [-0.3, -0.25) is 0 Å². The molecule has 1 atom stereocenters. The van der Waals surface area contributed by atoms with Crippen molar-refractivity contribution in [2.45, 2.75) is 13.0 Å². The van der Waals surface area contributed by atoms with Gasteiger partial charge in [-0.1, -0.05) is 39.7 Å².